The minimum atomic E-state index is -5.73. The predicted octanol–water partition coefficient (Wildman–Crippen LogP) is -12.4. The molecule has 8 rings (SSSR count). The average molecular weight is 1590 g/mol. The van der Waals surface area contributed by atoms with Crippen LogP contribution in [-0.2, 0) is 84.8 Å². The molecule has 8 aromatic rings. The van der Waals surface area contributed by atoms with Gasteiger partial charge in [-0.05, 0) is 126 Å². The van der Waals surface area contributed by atoms with E-state index in [2.05, 4.69) is 57.0 Å². The summed E-state index contributed by atoms with van der Waals surface area (Å²) in [6.07, 6.45) is 0. The maximum absolute atomic E-state index is 14.1. The number of hydrogen-bond acceptors (Lipinski definition) is 34. The Hall–Kier alpha value is -3.59. The van der Waals surface area contributed by atoms with Gasteiger partial charge >= 0.3 is 188 Å². The van der Waals surface area contributed by atoms with E-state index in [1.165, 1.54) is 0 Å². The van der Waals surface area contributed by atoms with E-state index in [0.717, 1.165) is 78.9 Å². The zero-order valence-electron chi connectivity index (χ0n) is 51.9. The van der Waals surface area contributed by atoms with Crippen LogP contribution in [0.5, 0.6) is 11.5 Å². The first kappa shape index (κ1) is 92.5. The Bertz CT molecular complexity index is 5680. The number of nitrogens with two attached hydrogens (primary N) is 2. The molecule has 0 aromatic heterocycles. The number of nitrogens with zero attached hydrogens (tertiary/aromatic N) is 8. The summed E-state index contributed by atoms with van der Waals surface area (Å²) in [5.41, 5.74) is 3.39. The number of hydrogen-bond donors (Lipinski definition) is 5. The number of carbonyl (C=O) groups excluding carboxylic acids is 1. The molecule has 0 bridgehead atoms. The molecule has 494 valence electrons. The van der Waals surface area contributed by atoms with Crippen molar-refractivity contribution in [1.29, 1.82) is 0 Å². The van der Waals surface area contributed by atoms with Gasteiger partial charge in [0.25, 0.3) is 16.0 Å². The average Bonchev–Trinajstić information content (AvgIpc) is 0.745. The standard InChI is InChI=1S/C49H39N11O26S8.6Na/c1-2-87(64,65)31-12-7-28(8-13-31)53-57-44-36(91(74,75)76)20-26-22-38(93(80,81)82)46(48(62)40(26)42(44)51)60-56-33-23-30(11-16-34(33)89(68,69)70)52-49(63)24-3-5-27(6-4-24)55-59-45-37(92(77,78)79)21-25-19-35(90(71,72)73)43(41(50)39(25)47(45)61)58-54-29-9-14-32(15-10-29)88(66,67)18-17-86-94(83,84)85;;;;;;/h2-16,19-23,61-62H,1,17-18,50-51H2,(H,52,63)(H,68,69,70)(H,71,72,73)(H,74,75,76)(H,77,78,79)(H,80,81,82)(H,83,84,85);;;;;;/q;6*+1/p-6. The van der Waals surface area contributed by atoms with Crippen molar-refractivity contribution < 1.29 is 291 Å². The van der Waals surface area contributed by atoms with Crippen molar-refractivity contribution >= 4 is 171 Å². The summed E-state index contributed by atoms with van der Waals surface area (Å²) >= 11 is 0. The van der Waals surface area contributed by atoms with Crippen molar-refractivity contribution in [2.75, 3.05) is 29.1 Å². The maximum Gasteiger partial charge on any atom is 1.00 e. The Kier molecular flexibility index (Phi) is 33.0. The number of benzene rings is 8. The fourth-order valence-corrected chi connectivity index (χ4v) is 13.6. The van der Waals surface area contributed by atoms with Gasteiger partial charge < -0.3 is 45.2 Å². The number of rotatable bonds is 22. The van der Waals surface area contributed by atoms with Gasteiger partial charge in [-0.1, -0.05) is 18.1 Å². The molecule has 0 aliphatic rings. The van der Waals surface area contributed by atoms with Crippen LogP contribution in [0, 0.1) is 0 Å². The number of nitrogens with one attached hydrogen (secondary N) is 1. The molecule has 0 saturated heterocycles. The third kappa shape index (κ3) is 22.3. The molecule has 1 amide bonds. The third-order valence-corrected chi connectivity index (χ3v) is 20.3. The minimum absolute atomic E-state index is 0. The molecule has 0 atom stereocenters. The second-order valence-corrected chi connectivity index (χ2v) is 30.5. The SMILES string of the molecule is C=CS(=O)(=O)c1ccc(N=Nc2c(S(=O)(=O)[O-])cc3cc(S(=O)(=O)O)c(N=Nc4cc(NC(=O)c5ccc(N=Nc6c(S(=O)(=O)[O-])cc7cc(S(=O)(=O)[O-])c(N=Nc8ccc(S(=O)(=O)CCOS(=O)(=O)O)cc8)c(N)c7c6[O-])cc5)ccc4S(=O)(=O)[O-])c([O-])c3c2N)cc1.[Na+].[Na+].[Na+].[Na+].[Na+].[Na+]. The summed E-state index contributed by atoms with van der Waals surface area (Å²) in [6, 6.07) is 16.1. The van der Waals surface area contributed by atoms with Crippen LogP contribution in [0.3, 0.4) is 0 Å². The van der Waals surface area contributed by atoms with Gasteiger partial charge in [0.05, 0.1) is 81.5 Å². The smallest absolute Gasteiger partial charge is 0.870 e. The summed E-state index contributed by atoms with van der Waals surface area (Å²) in [5, 5.41) is 57.2. The van der Waals surface area contributed by atoms with Gasteiger partial charge in [-0.15, -0.1) is 25.6 Å². The molecule has 7 N–H and O–H groups in total. The first-order chi connectivity index (χ1) is 43.4. The van der Waals surface area contributed by atoms with Crippen LogP contribution >= 0.6 is 0 Å². The van der Waals surface area contributed by atoms with Gasteiger partial charge in [-0.2, -0.15) is 32.2 Å². The molecule has 0 spiro atoms. The molecule has 0 fully saturated rings. The first-order valence-electron chi connectivity index (χ1n) is 24.6. The van der Waals surface area contributed by atoms with Crippen LogP contribution in [0.25, 0.3) is 21.5 Å². The quantitative estimate of drug-likeness (QED) is 0.0182. The van der Waals surface area contributed by atoms with E-state index in [1.807, 2.05) is 0 Å². The van der Waals surface area contributed by atoms with Crippen molar-refractivity contribution in [3.63, 3.8) is 0 Å². The number of fused-ring (bicyclic) bond motifs is 2. The molecule has 0 aliphatic heterocycles. The van der Waals surface area contributed by atoms with Crippen molar-refractivity contribution in [2.24, 2.45) is 40.9 Å². The van der Waals surface area contributed by atoms with Crippen molar-refractivity contribution in [1.82, 2.24) is 0 Å². The number of anilines is 3. The maximum atomic E-state index is 14.1. The monoisotopic (exact) mass is 1580 g/mol. The van der Waals surface area contributed by atoms with Gasteiger partial charge in [-0.25, -0.2) is 54.7 Å². The Morgan fingerprint density at radius 3 is 1.22 bits per heavy atom. The van der Waals surface area contributed by atoms with E-state index >= 15 is 0 Å². The van der Waals surface area contributed by atoms with Crippen molar-refractivity contribution in [2.45, 2.75) is 34.3 Å². The van der Waals surface area contributed by atoms with E-state index in [9.17, 15) is 105 Å². The van der Waals surface area contributed by atoms with E-state index < -0.39 is 207 Å². The van der Waals surface area contributed by atoms with E-state index in [0.29, 0.717) is 41.8 Å². The molecule has 8 aromatic carbocycles. The fraction of sp³-hybridized carbons (Fsp3) is 0.0408. The van der Waals surface area contributed by atoms with Crippen LogP contribution < -0.4 is 204 Å². The van der Waals surface area contributed by atoms with Gasteiger partial charge in [-0.3, -0.25) is 13.9 Å². The molecular formula is C49H33N11Na6O26S8. The minimum Gasteiger partial charge on any atom is -0.870 e. The zero-order valence-corrected chi connectivity index (χ0v) is 70.4. The number of carbonyl (C=O) groups is 1. The van der Waals surface area contributed by atoms with Crippen LogP contribution in [0.1, 0.15) is 10.4 Å². The zero-order chi connectivity index (χ0) is 69.6. The molecule has 51 heteroatoms. The molecular weight excluding hydrogens is 1550 g/mol. The van der Waals surface area contributed by atoms with Crippen molar-refractivity contribution in [3.8, 4) is 11.5 Å². The molecule has 100 heavy (non-hydrogen) atoms. The predicted molar refractivity (Wildman–Crippen MR) is 315 cm³/mol. The van der Waals surface area contributed by atoms with Crippen LogP contribution in [0.2, 0.25) is 0 Å². The number of amides is 1. The third-order valence-electron chi connectivity index (χ3n) is 12.5. The molecule has 0 radical (unpaired) electrons. The van der Waals surface area contributed by atoms with Crippen LogP contribution in [-0.4, -0.2) is 113 Å². The van der Waals surface area contributed by atoms with Gasteiger partial charge in [0, 0.05) is 27.4 Å². The summed E-state index contributed by atoms with van der Waals surface area (Å²) in [7, 11) is -41.3. The second kappa shape index (κ2) is 35.7. The molecule has 37 nitrogen and oxygen atoms in total. The van der Waals surface area contributed by atoms with Gasteiger partial charge in [0.2, 0.25) is 0 Å². The number of azo groups is 4. The summed E-state index contributed by atoms with van der Waals surface area (Å²) in [4.78, 5) is 6.20. The molecule has 0 aliphatic carbocycles. The molecule has 0 heterocycles. The molecule has 0 saturated carbocycles. The Labute approximate surface area is 700 Å². The topological polar surface area (TPSA) is 641 Å². The van der Waals surface area contributed by atoms with E-state index in [-0.39, 0.29) is 205 Å². The molecule has 0 unspecified atom stereocenters. The number of sulfone groups is 2. The van der Waals surface area contributed by atoms with E-state index in [1.54, 1.807) is 0 Å². The van der Waals surface area contributed by atoms with Crippen molar-refractivity contribution in [3.05, 3.63) is 133 Å². The second-order valence-electron chi connectivity index (χ2n) is 18.6. The Morgan fingerprint density at radius 1 is 0.470 bits per heavy atom. The normalized spacial score (nSPS) is 12.5. The Morgan fingerprint density at radius 2 is 0.830 bits per heavy atom. The summed E-state index contributed by atoms with van der Waals surface area (Å²) in [5.74, 6) is -5.10. The van der Waals surface area contributed by atoms with Crippen LogP contribution in [0.4, 0.5) is 62.6 Å². The van der Waals surface area contributed by atoms with Gasteiger partial charge in [0.1, 0.15) is 62.4 Å². The van der Waals surface area contributed by atoms with Crippen LogP contribution in [0.15, 0.2) is 202 Å². The largest absolute Gasteiger partial charge is 1.00 e. The summed E-state index contributed by atoms with van der Waals surface area (Å²) < 4.78 is 269. The summed E-state index contributed by atoms with van der Waals surface area (Å²) in [6.45, 7) is 2.22. The first-order valence-corrected chi connectivity index (χ1v) is 36.2. The Balaban J connectivity index is 0.00000567. The van der Waals surface area contributed by atoms with E-state index in [4.69, 9.17) is 16.0 Å². The number of nitrogen functional groups attached to an aromatic ring is 2. The fourth-order valence-electron chi connectivity index (χ4n) is 8.24. The van der Waals surface area contributed by atoms with Gasteiger partial charge in [0.15, 0.2) is 19.7 Å².